The van der Waals surface area contributed by atoms with Gasteiger partial charge in [-0.25, -0.2) is 0 Å². The van der Waals surface area contributed by atoms with Gasteiger partial charge in [-0.3, -0.25) is 4.79 Å². The van der Waals surface area contributed by atoms with Crippen molar-refractivity contribution < 1.29 is 30.0 Å². The summed E-state index contributed by atoms with van der Waals surface area (Å²) in [6, 6.07) is 12.3. The zero-order valence-corrected chi connectivity index (χ0v) is 18.7. The Kier molecular flexibility index (Phi) is 7.46. The van der Waals surface area contributed by atoms with Crippen molar-refractivity contribution in [2.45, 2.75) is 49.9 Å². The molecule has 9 nitrogen and oxygen atoms in total. The maximum Gasteiger partial charge on any atom is 0.262 e. The molecule has 5 unspecified atom stereocenters. The number of nitrogens with one attached hydrogen (secondary N) is 1. The lowest BCUT2D eigenvalue weighted by Gasteiger charge is -2.40. The van der Waals surface area contributed by atoms with Gasteiger partial charge in [0.25, 0.3) is 5.91 Å². The molecule has 0 aliphatic carbocycles. The summed E-state index contributed by atoms with van der Waals surface area (Å²) >= 11 is 0. The number of aliphatic hydroxyl groups is 4. The highest BCUT2D eigenvalue weighted by molar-refractivity contribution is 6.02. The number of nitriles is 1. The summed E-state index contributed by atoms with van der Waals surface area (Å²) in [5, 5.41) is 53.3. The van der Waals surface area contributed by atoms with Gasteiger partial charge in [0.2, 0.25) is 0 Å². The number of fused-ring (bicyclic) bond motifs is 1. The SMILES string of the molecule is N#C/C(=C/c1ccc2cc(N3CCCCC3)ccc2c1)C(=O)NC1C(O)OC(CO)C(O)C1O. The number of anilines is 1. The summed E-state index contributed by atoms with van der Waals surface area (Å²) in [4.78, 5) is 15.0. The molecule has 2 aliphatic heterocycles. The van der Waals surface area contributed by atoms with E-state index >= 15 is 0 Å². The summed E-state index contributed by atoms with van der Waals surface area (Å²) in [7, 11) is 0. The molecule has 0 bridgehead atoms. The molecule has 9 heteroatoms. The number of benzene rings is 2. The van der Waals surface area contributed by atoms with Crippen molar-refractivity contribution in [3.05, 3.63) is 47.5 Å². The molecule has 180 valence electrons. The van der Waals surface area contributed by atoms with E-state index in [9.17, 15) is 25.4 Å². The minimum Gasteiger partial charge on any atom is -0.394 e. The Bertz CT molecular complexity index is 1110. The molecule has 0 radical (unpaired) electrons. The van der Waals surface area contributed by atoms with Crippen molar-refractivity contribution in [3.8, 4) is 6.07 Å². The third kappa shape index (κ3) is 5.06. The third-order valence-corrected chi connectivity index (χ3v) is 6.44. The first-order chi connectivity index (χ1) is 16.4. The number of carbonyl (C=O) groups is 1. The van der Waals surface area contributed by atoms with Crippen LogP contribution < -0.4 is 10.2 Å². The van der Waals surface area contributed by atoms with Crippen LogP contribution in [0.4, 0.5) is 5.69 Å². The highest BCUT2D eigenvalue weighted by Gasteiger charge is 2.44. The van der Waals surface area contributed by atoms with Gasteiger partial charge in [-0.15, -0.1) is 0 Å². The van der Waals surface area contributed by atoms with Gasteiger partial charge in [-0.05, 0) is 59.9 Å². The zero-order valence-electron chi connectivity index (χ0n) is 18.7. The Morgan fingerprint density at radius 1 is 1.09 bits per heavy atom. The van der Waals surface area contributed by atoms with E-state index in [4.69, 9.17) is 9.84 Å². The summed E-state index contributed by atoms with van der Waals surface area (Å²) < 4.78 is 5.04. The van der Waals surface area contributed by atoms with Gasteiger partial charge in [0, 0.05) is 18.8 Å². The fourth-order valence-electron chi connectivity index (χ4n) is 4.49. The number of hydrogen-bond acceptors (Lipinski definition) is 8. The minimum atomic E-state index is -1.66. The second-order valence-electron chi connectivity index (χ2n) is 8.74. The Balaban J connectivity index is 1.50. The number of ether oxygens (including phenoxy) is 1. The first kappa shape index (κ1) is 24.1. The van der Waals surface area contributed by atoms with E-state index in [0.717, 1.165) is 23.9 Å². The standard InChI is InChI=1S/C25H29N3O6/c26-13-18(24(32)27-21-23(31)22(30)20(14-29)34-25(21)33)11-15-4-5-17-12-19(7-6-16(17)10-15)28-8-2-1-3-9-28/h4-7,10-12,20-23,25,29-31,33H,1-3,8-9,14H2,(H,27,32)/b18-11-. The van der Waals surface area contributed by atoms with Crippen LogP contribution in [0, 0.1) is 11.3 Å². The van der Waals surface area contributed by atoms with Crippen LogP contribution in [0.1, 0.15) is 24.8 Å². The molecule has 2 saturated heterocycles. The smallest absolute Gasteiger partial charge is 0.262 e. The molecule has 2 aromatic carbocycles. The van der Waals surface area contributed by atoms with E-state index in [1.165, 1.54) is 31.0 Å². The van der Waals surface area contributed by atoms with E-state index in [0.29, 0.717) is 5.56 Å². The monoisotopic (exact) mass is 467 g/mol. The van der Waals surface area contributed by atoms with Gasteiger partial charge in [0.05, 0.1) is 6.61 Å². The van der Waals surface area contributed by atoms with Crippen LogP contribution in [-0.4, -0.2) is 76.7 Å². The molecular weight excluding hydrogens is 438 g/mol. The maximum atomic E-state index is 12.7. The molecule has 0 aromatic heterocycles. The van der Waals surface area contributed by atoms with Crippen molar-refractivity contribution in [2.75, 3.05) is 24.6 Å². The molecule has 5 N–H and O–H groups in total. The largest absolute Gasteiger partial charge is 0.394 e. The Morgan fingerprint density at radius 3 is 2.50 bits per heavy atom. The van der Waals surface area contributed by atoms with Gasteiger partial charge >= 0.3 is 0 Å². The Labute approximate surface area is 197 Å². The Hall–Kier alpha value is -3.00. The number of carbonyl (C=O) groups excluding carboxylic acids is 1. The molecule has 2 aliphatic rings. The normalized spacial score (nSPS) is 27.9. The fourth-order valence-corrected chi connectivity index (χ4v) is 4.49. The molecule has 4 rings (SSSR count). The van der Waals surface area contributed by atoms with Gasteiger partial charge in [0.15, 0.2) is 6.29 Å². The third-order valence-electron chi connectivity index (χ3n) is 6.44. The molecule has 1 amide bonds. The lowest BCUT2D eigenvalue weighted by molar-refractivity contribution is -0.253. The lowest BCUT2D eigenvalue weighted by Crippen LogP contribution is -2.64. The number of piperidine rings is 1. The second kappa shape index (κ2) is 10.5. The average Bonchev–Trinajstić information content (AvgIpc) is 2.87. The second-order valence-corrected chi connectivity index (χ2v) is 8.74. The van der Waals surface area contributed by atoms with E-state index in [2.05, 4.69) is 22.3 Å². The van der Waals surface area contributed by atoms with Crippen molar-refractivity contribution in [1.82, 2.24) is 5.32 Å². The number of rotatable bonds is 5. The molecule has 2 heterocycles. The quantitative estimate of drug-likeness (QED) is 0.318. The van der Waals surface area contributed by atoms with Crippen molar-refractivity contribution in [3.63, 3.8) is 0 Å². The highest BCUT2D eigenvalue weighted by Crippen LogP contribution is 2.26. The first-order valence-corrected chi connectivity index (χ1v) is 11.4. The van der Waals surface area contributed by atoms with Crippen LogP contribution >= 0.6 is 0 Å². The molecule has 34 heavy (non-hydrogen) atoms. The minimum absolute atomic E-state index is 0.234. The molecule has 2 aromatic rings. The lowest BCUT2D eigenvalue weighted by atomic mass is 9.96. The predicted octanol–water partition coefficient (Wildman–Crippen LogP) is 0.653. The number of amides is 1. The number of hydrogen-bond donors (Lipinski definition) is 5. The fraction of sp³-hybridized carbons (Fsp3) is 0.440. The molecule has 2 fully saturated rings. The topological polar surface area (TPSA) is 146 Å². The summed E-state index contributed by atoms with van der Waals surface area (Å²) in [6.45, 7) is 1.50. The van der Waals surface area contributed by atoms with Crippen LogP contribution in [0.15, 0.2) is 42.0 Å². The predicted molar refractivity (Wildman–Crippen MR) is 126 cm³/mol. The maximum absolute atomic E-state index is 12.7. The van der Waals surface area contributed by atoms with Crippen LogP contribution in [0.2, 0.25) is 0 Å². The van der Waals surface area contributed by atoms with Crippen molar-refractivity contribution in [1.29, 1.82) is 5.26 Å². The molecule has 0 saturated carbocycles. The van der Waals surface area contributed by atoms with Crippen LogP contribution in [0.25, 0.3) is 16.8 Å². The zero-order chi connectivity index (χ0) is 24.2. The van der Waals surface area contributed by atoms with Gasteiger partial charge in [0.1, 0.15) is 36.0 Å². The number of nitrogens with zero attached hydrogens (tertiary/aromatic N) is 2. The summed E-state index contributed by atoms with van der Waals surface area (Å²) in [5.74, 6) is -0.829. The summed E-state index contributed by atoms with van der Waals surface area (Å²) in [6.07, 6.45) is -0.854. The van der Waals surface area contributed by atoms with E-state index in [1.807, 2.05) is 30.3 Å². The number of aliphatic hydroxyl groups excluding tert-OH is 4. The Morgan fingerprint density at radius 2 is 1.79 bits per heavy atom. The van der Waals surface area contributed by atoms with Crippen LogP contribution in [0.3, 0.4) is 0 Å². The van der Waals surface area contributed by atoms with E-state index < -0.39 is 43.2 Å². The van der Waals surface area contributed by atoms with Crippen molar-refractivity contribution in [2.24, 2.45) is 0 Å². The van der Waals surface area contributed by atoms with Gasteiger partial charge in [-0.1, -0.05) is 18.2 Å². The van der Waals surface area contributed by atoms with Crippen LogP contribution in [-0.2, 0) is 9.53 Å². The molecule has 0 spiro atoms. The average molecular weight is 468 g/mol. The molecular formula is C25H29N3O6. The van der Waals surface area contributed by atoms with Gasteiger partial charge in [-0.2, -0.15) is 5.26 Å². The van der Waals surface area contributed by atoms with Crippen molar-refractivity contribution >= 4 is 28.4 Å². The van der Waals surface area contributed by atoms with E-state index in [1.54, 1.807) is 0 Å². The first-order valence-electron chi connectivity index (χ1n) is 11.4. The summed E-state index contributed by atoms with van der Waals surface area (Å²) in [5.41, 5.74) is 1.60. The van der Waals surface area contributed by atoms with Crippen LogP contribution in [0.5, 0.6) is 0 Å². The highest BCUT2D eigenvalue weighted by atomic mass is 16.6. The molecule has 5 atom stereocenters. The van der Waals surface area contributed by atoms with Gasteiger partial charge < -0.3 is 35.4 Å². The van der Waals surface area contributed by atoms with E-state index in [-0.39, 0.29) is 5.57 Å².